The van der Waals surface area contributed by atoms with E-state index in [1.807, 2.05) is 0 Å². The van der Waals surface area contributed by atoms with Crippen molar-refractivity contribution in [2.75, 3.05) is 18.2 Å². The lowest BCUT2D eigenvalue weighted by atomic mass is 10.2. The predicted octanol–water partition coefficient (Wildman–Crippen LogP) is 3.18. The number of amides is 1. The highest BCUT2D eigenvalue weighted by Crippen LogP contribution is 2.23. The molecule has 98 valence electrons. The Bertz CT molecular complexity index is 597. The molecule has 0 unspecified atom stereocenters. The highest BCUT2D eigenvalue weighted by Gasteiger charge is 2.08. The molecular weight excluding hydrogens is 264 g/mol. The van der Waals surface area contributed by atoms with Crippen molar-refractivity contribution in [3.8, 4) is 5.75 Å². The van der Waals surface area contributed by atoms with Crippen LogP contribution in [0.5, 0.6) is 5.75 Å². The summed E-state index contributed by atoms with van der Waals surface area (Å²) in [6.07, 6.45) is 0. The molecule has 0 radical (unpaired) electrons. The summed E-state index contributed by atoms with van der Waals surface area (Å²) < 4.78 is 5.03. The summed E-state index contributed by atoms with van der Waals surface area (Å²) in [4.78, 5) is 12.0. The Hall–Kier alpha value is -2.20. The van der Waals surface area contributed by atoms with E-state index in [-0.39, 0.29) is 5.91 Å². The van der Waals surface area contributed by atoms with Gasteiger partial charge in [-0.25, -0.2) is 0 Å². The first-order valence-corrected chi connectivity index (χ1v) is 5.98. The van der Waals surface area contributed by atoms with E-state index < -0.39 is 0 Å². The third-order valence-corrected chi connectivity index (χ3v) is 2.85. The Kier molecular flexibility index (Phi) is 3.92. The number of nitrogens with two attached hydrogens (primary N) is 1. The standard InChI is InChI=1S/C14H13ClN2O2/c1-19-11-5-2-9(3-6-11)14(18)17-13-7-4-10(15)8-12(13)16/h2-8H,16H2,1H3,(H,17,18). The number of hydrogen-bond acceptors (Lipinski definition) is 3. The molecule has 0 spiro atoms. The van der Waals surface area contributed by atoms with Gasteiger partial charge in [-0.3, -0.25) is 4.79 Å². The fourth-order valence-electron chi connectivity index (χ4n) is 1.58. The number of anilines is 2. The average molecular weight is 277 g/mol. The van der Waals surface area contributed by atoms with Gasteiger partial charge in [-0.15, -0.1) is 0 Å². The SMILES string of the molecule is COc1ccc(C(=O)Nc2ccc(Cl)cc2N)cc1. The normalized spacial score (nSPS) is 10.0. The minimum absolute atomic E-state index is 0.239. The van der Waals surface area contributed by atoms with Gasteiger partial charge in [-0.1, -0.05) is 11.6 Å². The van der Waals surface area contributed by atoms with Gasteiger partial charge in [0.2, 0.25) is 0 Å². The Morgan fingerprint density at radius 3 is 2.47 bits per heavy atom. The molecule has 0 atom stereocenters. The number of benzene rings is 2. The highest BCUT2D eigenvalue weighted by atomic mass is 35.5. The van der Waals surface area contributed by atoms with Gasteiger partial charge in [-0.2, -0.15) is 0 Å². The van der Waals surface area contributed by atoms with Gasteiger partial charge < -0.3 is 15.8 Å². The Morgan fingerprint density at radius 1 is 1.21 bits per heavy atom. The maximum absolute atomic E-state index is 12.0. The summed E-state index contributed by atoms with van der Waals surface area (Å²) in [6, 6.07) is 11.7. The van der Waals surface area contributed by atoms with Crippen LogP contribution in [0.1, 0.15) is 10.4 Å². The average Bonchev–Trinajstić information content (AvgIpc) is 2.42. The minimum Gasteiger partial charge on any atom is -0.497 e. The zero-order valence-electron chi connectivity index (χ0n) is 10.3. The van der Waals surface area contributed by atoms with Gasteiger partial charge in [0.25, 0.3) is 5.91 Å². The molecule has 0 fully saturated rings. The van der Waals surface area contributed by atoms with Crippen molar-refractivity contribution in [2.24, 2.45) is 0 Å². The van der Waals surface area contributed by atoms with E-state index in [9.17, 15) is 4.79 Å². The number of nitrogen functional groups attached to an aromatic ring is 1. The Morgan fingerprint density at radius 2 is 1.89 bits per heavy atom. The highest BCUT2D eigenvalue weighted by molar-refractivity contribution is 6.31. The van der Waals surface area contributed by atoms with Crippen LogP contribution >= 0.6 is 11.6 Å². The first kappa shape index (κ1) is 13.2. The molecule has 0 heterocycles. The summed E-state index contributed by atoms with van der Waals surface area (Å²) >= 11 is 5.80. The van der Waals surface area contributed by atoms with Gasteiger partial charge in [0.1, 0.15) is 5.75 Å². The number of ether oxygens (including phenoxy) is 1. The predicted molar refractivity (Wildman–Crippen MR) is 76.8 cm³/mol. The zero-order chi connectivity index (χ0) is 13.8. The van der Waals surface area contributed by atoms with Crippen molar-refractivity contribution in [2.45, 2.75) is 0 Å². The van der Waals surface area contributed by atoms with Crippen LogP contribution < -0.4 is 15.8 Å². The molecule has 5 heteroatoms. The molecule has 0 saturated heterocycles. The van der Waals surface area contributed by atoms with Gasteiger partial charge in [0, 0.05) is 10.6 Å². The third-order valence-electron chi connectivity index (χ3n) is 2.61. The van der Waals surface area contributed by atoms with Gasteiger partial charge in [0.15, 0.2) is 0 Å². The monoisotopic (exact) mass is 276 g/mol. The smallest absolute Gasteiger partial charge is 0.255 e. The van der Waals surface area contributed by atoms with Crippen molar-refractivity contribution in [3.63, 3.8) is 0 Å². The number of halogens is 1. The van der Waals surface area contributed by atoms with Crippen molar-refractivity contribution < 1.29 is 9.53 Å². The summed E-state index contributed by atoms with van der Waals surface area (Å²) in [5, 5.41) is 3.26. The van der Waals surface area contributed by atoms with Gasteiger partial charge >= 0.3 is 0 Å². The van der Waals surface area contributed by atoms with Crippen LogP contribution in [-0.2, 0) is 0 Å². The van der Waals surface area contributed by atoms with Crippen LogP contribution in [0.2, 0.25) is 5.02 Å². The molecule has 3 N–H and O–H groups in total. The number of nitrogens with one attached hydrogen (secondary N) is 1. The Labute approximate surface area is 116 Å². The molecule has 0 aliphatic heterocycles. The van der Waals surface area contributed by atoms with Crippen LogP contribution in [0.25, 0.3) is 0 Å². The first-order chi connectivity index (χ1) is 9.10. The Balaban J connectivity index is 2.15. The first-order valence-electron chi connectivity index (χ1n) is 5.60. The molecule has 2 aromatic carbocycles. The van der Waals surface area contributed by atoms with Crippen LogP contribution in [0.3, 0.4) is 0 Å². The fourth-order valence-corrected chi connectivity index (χ4v) is 1.76. The van der Waals surface area contributed by atoms with Crippen LogP contribution in [0.4, 0.5) is 11.4 Å². The number of methoxy groups -OCH3 is 1. The summed E-state index contributed by atoms with van der Waals surface area (Å²) in [7, 11) is 1.57. The van der Waals surface area contributed by atoms with E-state index in [1.54, 1.807) is 49.6 Å². The molecule has 0 saturated carbocycles. The molecule has 0 aliphatic carbocycles. The third kappa shape index (κ3) is 3.17. The summed E-state index contributed by atoms with van der Waals surface area (Å²) in [6.45, 7) is 0. The lowest BCUT2D eigenvalue weighted by Gasteiger charge is -2.08. The van der Waals surface area contributed by atoms with E-state index in [0.717, 1.165) is 0 Å². The molecule has 0 bridgehead atoms. The lowest BCUT2D eigenvalue weighted by molar-refractivity contribution is 0.102. The number of carbonyl (C=O) groups excluding carboxylic acids is 1. The molecule has 0 aliphatic rings. The van der Waals surface area contributed by atoms with E-state index >= 15 is 0 Å². The molecule has 19 heavy (non-hydrogen) atoms. The van der Waals surface area contributed by atoms with Gasteiger partial charge in [0.05, 0.1) is 18.5 Å². The summed E-state index contributed by atoms with van der Waals surface area (Å²) in [5.41, 5.74) is 7.26. The molecule has 1 amide bonds. The van der Waals surface area contributed by atoms with Crippen LogP contribution in [0.15, 0.2) is 42.5 Å². The van der Waals surface area contributed by atoms with Crippen molar-refractivity contribution in [1.82, 2.24) is 0 Å². The quantitative estimate of drug-likeness (QED) is 0.846. The maximum atomic E-state index is 12.0. The largest absolute Gasteiger partial charge is 0.497 e. The number of hydrogen-bond donors (Lipinski definition) is 2. The fraction of sp³-hybridized carbons (Fsp3) is 0.0714. The summed E-state index contributed by atoms with van der Waals surface area (Å²) in [5.74, 6) is 0.458. The van der Waals surface area contributed by atoms with E-state index in [0.29, 0.717) is 27.7 Å². The second-order valence-corrected chi connectivity index (χ2v) is 4.35. The van der Waals surface area contributed by atoms with E-state index in [1.165, 1.54) is 0 Å². The molecule has 0 aromatic heterocycles. The van der Waals surface area contributed by atoms with Crippen molar-refractivity contribution >= 4 is 28.9 Å². The van der Waals surface area contributed by atoms with Crippen molar-refractivity contribution in [1.29, 1.82) is 0 Å². The molecule has 4 nitrogen and oxygen atoms in total. The van der Waals surface area contributed by atoms with Crippen LogP contribution in [-0.4, -0.2) is 13.0 Å². The van der Waals surface area contributed by atoms with E-state index in [4.69, 9.17) is 22.1 Å². The minimum atomic E-state index is -0.239. The van der Waals surface area contributed by atoms with Crippen LogP contribution in [0, 0.1) is 0 Å². The topological polar surface area (TPSA) is 64.3 Å². The van der Waals surface area contributed by atoms with Gasteiger partial charge in [-0.05, 0) is 42.5 Å². The number of rotatable bonds is 3. The van der Waals surface area contributed by atoms with E-state index in [2.05, 4.69) is 5.32 Å². The number of carbonyl (C=O) groups is 1. The molecule has 2 rings (SSSR count). The second-order valence-electron chi connectivity index (χ2n) is 3.91. The zero-order valence-corrected chi connectivity index (χ0v) is 11.1. The molecular formula is C14H13ClN2O2. The van der Waals surface area contributed by atoms with Crippen molar-refractivity contribution in [3.05, 3.63) is 53.1 Å². The maximum Gasteiger partial charge on any atom is 0.255 e. The molecule has 2 aromatic rings. The lowest BCUT2D eigenvalue weighted by Crippen LogP contribution is -2.13. The second kappa shape index (κ2) is 5.63.